The van der Waals surface area contributed by atoms with E-state index >= 15 is 0 Å². The van der Waals surface area contributed by atoms with E-state index in [-0.39, 0.29) is 20.6 Å². The van der Waals surface area contributed by atoms with Gasteiger partial charge in [-0.25, -0.2) is 4.98 Å². The first-order valence-corrected chi connectivity index (χ1v) is 6.22. The lowest BCUT2D eigenvalue weighted by atomic mass is 10.0. The molecule has 2 aromatic rings. The van der Waals surface area contributed by atoms with Gasteiger partial charge in [-0.3, -0.25) is 0 Å². The number of nitrogens with zero attached hydrogens (tertiary/aromatic N) is 1. The maximum Gasteiger partial charge on any atom is 0.417 e. The van der Waals surface area contributed by atoms with Crippen LogP contribution in [0.25, 0.3) is 11.1 Å². The smallest absolute Gasteiger partial charge is 0.228 e. The molecule has 0 amide bonds. The van der Waals surface area contributed by atoms with E-state index in [9.17, 15) is 17.6 Å². The predicted octanol–water partition coefficient (Wildman–Crippen LogP) is 5.87. The Morgan fingerprint density at radius 3 is 2.05 bits per heavy atom. The monoisotopic (exact) mass is 343 g/mol. The highest BCUT2D eigenvalue weighted by molar-refractivity contribution is 6.48. The third-order valence-electron chi connectivity index (χ3n) is 2.48. The minimum absolute atomic E-state index is 0.0186. The van der Waals surface area contributed by atoms with Crippen LogP contribution in [0.3, 0.4) is 0 Å². The molecule has 1 nitrogen and oxygen atoms in total. The number of pyridine rings is 1. The second kappa shape index (κ2) is 5.39. The van der Waals surface area contributed by atoms with E-state index < -0.39 is 23.3 Å². The Hall–Kier alpha value is -1.04. The van der Waals surface area contributed by atoms with Crippen LogP contribution in [0.2, 0.25) is 15.1 Å². The van der Waals surface area contributed by atoms with Crippen LogP contribution in [-0.2, 0) is 6.18 Å². The number of halogens is 7. The van der Waals surface area contributed by atoms with E-state index in [0.717, 1.165) is 18.3 Å². The molecule has 1 aromatic carbocycles. The Labute approximate surface area is 126 Å². The minimum Gasteiger partial charge on any atom is -0.228 e. The topological polar surface area (TPSA) is 12.9 Å². The zero-order chi connectivity index (χ0) is 15.1. The van der Waals surface area contributed by atoms with Gasteiger partial charge >= 0.3 is 6.18 Å². The number of hydrogen-bond acceptors (Lipinski definition) is 1. The molecular weight excluding hydrogens is 340 g/mol. The quantitative estimate of drug-likeness (QED) is 0.358. The molecule has 0 spiro atoms. The summed E-state index contributed by atoms with van der Waals surface area (Å²) in [7, 11) is 0. The van der Waals surface area contributed by atoms with Gasteiger partial charge in [-0.15, -0.1) is 0 Å². The third-order valence-corrected chi connectivity index (χ3v) is 3.68. The number of rotatable bonds is 1. The van der Waals surface area contributed by atoms with Gasteiger partial charge in [0, 0.05) is 11.8 Å². The summed E-state index contributed by atoms with van der Waals surface area (Å²) in [6, 6.07) is 2.88. The predicted molar refractivity (Wildman–Crippen MR) is 69.7 cm³/mol. The molecule has 0 N–H and O–H groups in total. The van der Waals surface area contributed by atoms with Crippen LogP contribution in [0, 0.1) is 5.95 Å². The lowest BCUT2D eigenvalue weighted by Crippen LogP contribution is -2.09. The maximum atomic E-state index is 13.7. The summed E-state index contributed by atoms with van der Waals surface area (Å²) in [6.07, 6.45) is -4.00. The molecule has 106 valence electrons. The van der Waals surface area contributed by atoms with Crippen molar-refractivity contribution < 1.29 is 17.6 Å². The minimum atomic E-state index is -4.74. The zero-order valence-electron chi connectivity index (χ0n) is 9.40. The molecule has 1 aromatic heterocycles. The van der Waals surface area contributed by atoms with Gasteiger partial charge < -0.3 is 0 Å². The first kappa shape index (κ1) is 15.4. The van der Waals surface area contributed by atoms with E-state index in [0.29, 0.717) is 6.07 Å². The molecule has 8 heteroatoms. The van der Waals surface area contributed by atoms with Crippen molar-refractivity contribution in [2.24, 2.45) is 0 Å². The molecule has 0 radical (unpaired) electrons. The highest BCUT2D eigenvalue weighted by Crippen LogP contribution is 2.41. The van der Waals surface area contributed by atoms with Gasteiger partial charge in [-0.2, -0.15) is 17.6 Å². The van der Waals surface area contributed by atoms with E-state index in [1.807, 2.05) is 0 Å². The molecule has 0 aliphatic rings. The first-order chi connectivity index (χ1) is 9.21. The van der Waals surface area contributed by atoms with Crippen LogP contribution in [0.15, 0.2) is 24.4 Å². The Morgan fingerprint density at radius 1 is 1.00 bits per heavy atom. The normalized spacial score (nSPS) is 11.8. The molecule has 0 saturated heterocycles. The third kappa shape index (κ3) is 2.85. The van der Waals surface area contributed by atoms with Gasteiger partial charge in [-0.1, -0.05) is 34.8 Å². The standard InChI is InChI=1S/C12H4Cl3F4N/c13-7-3-5(4-8(14)10(7)15)9-6(12(17,18)19)1-2-20-11(9)16/h1-4H. The summed E-state index contributed by atoms with van der Waals surface area (Å²) in [4.78, 5) is 3.23. The first-order valence-electron chi connectivity index (χ1n) is 5.08. The van der Waals surface area contributed by atoms with Gasteiger partial charge in [0.2, 0.25) is 5.95 Å². The van der Waals surface area contributed by atoms with Crippen LogP contribution < -0.4 is 0 Å². The van der Waals surface area contributed by atoms with Crippen LogP contribution in [0.5, 0.6) is 0 Å². The second-order valence-corrected chi connectivity index (χ2v) is 4.97. The lowest BCUT2D eigenvalue weighted by molar-refractivity contribution is -0.137. The Kier molecular flexibility index (Phi) is 4.14. The summed E-state index contributed by atoms with van der Waals surface area (Å²) >= 11 is 17.2. The van der Waals surface area contributed by atoms with Gasteiger partial charge in [0.15, 0.2) is 0 Å². The van der Waals surface area contributed by atoms with Crippen molar-refractivity contribution in [1.29, 1.82) is 0 Å². The lowest BCUT2D eigenvalue weighted by Gasteiger charge is -2.14. The average molecular weight is 345 g/mol. The van der Waals surface area contributed by atoms with Crippen molar-refractivity contribution in [3.05, 3.63) is 51.0 Å². The molecule has 0 bridgehead atoms. The van der Waals surface area contributed by atoms with Crippen molar-refractivity contribution in [2.45, 2.75) is 6.18 Å². The van der Waals surface area contributed by atoms with E-state index in [4.69, 9.17) is 34.8 Å². The molecule has 0 aliphatic heterocycles. The molecule has 20 heavy (non-hydrogen) atoms. The Morgan fingerprint density at radius 2 is 1.55 bits per heavy atom. The summed E-state index contributed by atoms with van der Waals surface area (Å²) in [5.41, 5.74) is -2.04. The maximum absolute atomic E-state index is 13.7. The van der Waals surface area contributed by atoms with E-state index in [1.54, 1.807) is 0 Å². The molecule has 2 rings (SSSR count). The number of hydrogen-bond donors (Lipinski definition) is 0. The van der Waals surface area contributed by atoms with Crippen molar-refractivity contribution in [3.8, 4) is 11.1 Å². The van der Waals surface area contributed by atoms with Crippen LogP contribution >= 0.6 is 34.8 Å². The summed E-state index contributed by atoms with van der Waals surface area (Å²) in [5.74, 6) is -1.27. The van der Waals surface area contributed by atoms with Gasteiger partial charge in [0.05, 0.1) is 20.6 Å². The Balaban J connectivity index is 2.76. The number of aromatic nitrogens is 1. The SMILES string of the molecule is Fc1nccc(C(F)(F)F)c1-c1cc(Cl)c(Cl)c(Cl)c1. The van der Waals surface area contributed by atoms with Gasteiger partial charge in [-0.05, 0) is 23.8 Å². The van der Waals surface area contributed by atoms with Crippen molar-refractivity contribution in [3.63, 3.8) is 0 Å². The summed E-state index contributed by atoms with van der Waals surface area (Å²) in [5, 5.41) is -0.175. The molecule has 0 atom stereocenters. The van der Waals surface area contributed by atoms with Gasteiger partial charge in [0.1, 0.15) is 0 Å². The van der Waals surface area contributed by atoms with Crippen molar-refractivity contribution in [1.82, 2.24) is 4.98 Å². The highest BCUT2D eigenvalue weighted by Gasteiger charge is 2.35. The second-order valence-electron chi connectivity index (χ2n) is 3.78. The van der Waals surface area contributed by atoms with E-state index in [2.05, 4.69) is 4.98 Å². The molecule has 0 unspecified atom stereocenters. The zero-order valence-corrected chi connectivity index (χ0v) is 11.7. The highest BCUT2D eigenvalue weighted by atomic mass is 35.5. The number of alkyl halides is 3. The summed E-state index contributed by atoms with van der Waals surface area (Å²) < 4.78 is 52.4. The van der Waals surface area contributed by atoms with Crippen LogP contribution in [0.4, 0.5) is 17.6 Å². The fourth-order valence-corrected chi connectivity index (χ4v) is 2.24. The largest absolute Gasteiger partial charge is 0.417 e. The fraction of sp³-hybridized carbons (Fsp3) is 0.0833. The van der Waals surface area contributed by atoms with Crippen molar-refractivity contribution >= 4 is 34.8 Å². The summed E-state index contributed by atoms with van der Waals surface area (Å²) in [6.45, 7) is 0. The molecule has 0 fully saturated rings. The molecule has 0 saturated carbocycles. The fourth-order valence-electron chi connectivity index (χ4n) is 1.65. The number of benzene rings is 1. The van der Waals surface area contributed by atoms with Crippen LogP contribution in [0.1, 0.15) is 5.56 Å². The van der Waals surface area contributed by atoms with E-state index in [1.165, 1.54) is 0 Å². The Bertz CT molecular complexity index is 647. The van der Waals surface area contributed by atoms with Gasteiger partial charge in [0.25, 0.3) is 0 Å². The van der Waals surface area contributed by atoms with Crippen molar-refractivity contribution in [2.75, 3.05) is 0 Å². The van der Waals surface area contributed by atoms with Crippen LogP contribution in [-0.4, -0.2) is 4.98 Å². The molecular formula is C12H4Cl3F4N. The average Bonchev–Trinajstić information content (AvgIpc) is 2.34. The molecule has 0 aliphatic carbocycles. The molecule has 1 heterocycles.